The van der Waals surface area contributed by atoms with Gasteiger partial charge in [-0.05, 0) is 42.7 Å². The highest BCUT2D eigenvalue weighted by Crippen LogP contribution is 2.41. The first-order valence-electron chi connectivity index (χ1n) is 5.32. The molecular weight excluding hydrogens is 216 g/mol. The van der Waals surface area contributed by atoms with Crippen molar-refractivity contribution >= 4 is 0 Å². The minimum Gasteiger partial charge on any atom is -0.508 e. The van der Waals surface area contributed by atoms with E-state index in [0.29, 0.717) is 11.1 Å². The minimum absolute atomic E-state index is 0.0984. The minimum atomic E-state index is -0.117. The predicted octanol–water partition coefficient (Wildman–Crippen LogP) is 3.09. The van der Waals surface area contributed by atoms with Crippen molar-refractivity contribution in [3.8, 4) is 28.4 Å². The van der Waals surface area contributed by atoms with Gasteiger partial charge in [0.25, 0.3) is 0 Å². The molecule has 17 heavy (non-hydrogen) atoms. The van der Waals surface area contributed by atoms with E-state index in [2.05, 4.69) is 0 Å². The van der Waals surface area contributed by atoms with Crippen LogP contribution in [-0.2, 0) is 0 Å². The highest BCUT2D eigenvalue weighted by molar-refractivity contribution is 5.77. The molecule has 0 aliphatic rings. The Morgan fingerprint density at radius 2 is 1.35 bits per heavy atom. The molecule has 2 aromatic rings. The Morgan fingerprint density at radius 3 is 1.94 bits per heavy atom. The Balaban J connectivity index is 2.67. The summed E-state index contributed by atoms with van der Waals surface area (Å²) < 4.78 is 0. The van der Waals surface area contributed by atoms with Gasteiger partial charge >= 0.3 is 0 Å². The van der Waals surface area contributed by atoms with Crippen LogP contribution in [0, 0.1) is 13.8 Å². The first-order valence-corrected chi connectivity index (χ1v) is 5.32. The summed E-state index contributed by atoms with van der Waals surface area (Å²) >= 11 is 0. The zero-order valence-corrected chi connectivity index (χ0v) is 9.73. The smallest absolute Gasteiger partial charge is 0.165 e. The van der Waals surface area contributed by atoms with Crippen molar-refractivity contribution < 1.29 is 15.3 Å². The fourth-order valence-electron chi connectivity index (χ4n) is 1.95. The van der Waals surface area contributed by atoms with Crippen molar-refractivity contribution in [2.45, 2.75) is 13.8 Å². The molecule has 3 heteroatoms. The first kappa shape index (κ1) is 11.3. The number of aromatic hydroxyl groups is 3. The summed E-state index contributed by atoms with van der Waals surface area (Å²) in [6.07, 6.45) is 0. The molecule has 3 N–H and O–H groups in total. The Labute approximate surface area is 99.6 Å². The van der Waals surface area contributed by atoms with Crippen molar-refractivity contribution in [1.82, 2.24) is 0 Å². The Bertz CT molecular complexity index is 557. The van der Waals surface area contributed by atoms with E-state index in [-0.39, 0.29) is 17.2 Å². The van der Waals surface area contributed by atoms with Gasteiger partial charge in [-0.2, -0.15) is 0 Å². The molecule has 0 saturated carbocycles. The van der Waals surface area contributed by atoms with Gasteiger partial charge in [0.15, 0.2) is 11.5 Å². The second kappa shape index (κ2) is 4.01. The maximum atomic E-state index is 9.97. The van der Waals surface area contributed by atoms with Gasteiger partial charge in [-0.15, -0.1) is 0 Å². The molecule has 0 aliphatic carbocycles. The second-order valence-electron chi connectivity index (χ2n) is 4.13. The summed E-state index contributed by atoms with van der Waals surface area (Å²) in [7, 11) is 0. The lowest BCUT2D eigenvalue weighted by Crippen LogP contribution is -1.87. The summed E-state index contributed by atoms with van der Waals surface area (Å²) in [5.41, 5.74) is 2.87. The molecule has 0 atom stereocenters. The van der Waals surface area contributed by atoms with Gasteiger partial charge in [0.1, 0.15) is 5.75 Å². The topological polar surface area (TPSA) is 60.7 Å². The quantitative estimate of drug-likeness (QED) is 0.660. The number of benzene rings is 2. The van der Waals surface area contributed by atoms with Crippen molar-refractivity contribution in [3.63, 3.8) is 0 Å². The Morgan fingerprint density at radius 1 is 0.765 bits per heavy atom. The molecule has 0 radical (unpaired) electrons. The van der Waals surface area contributed by atoms with E-state index in [1.807, 2.05) is 13.0 Å². The lowest BCUT2D eigenvalue weighted by molar-refractivity contribution is 0.402. The van der Waals surface area contributed by atoms with Crippen LogP contribution < -0.4 is 0 Å². The van der Waals surface area contributed by atoms with Gasteiger partial charge in [0.2, 0.25) is 0 Å². The number of phenolic OH excluding ortho intramolecular Hbond substituents is 3. The summed E-state index contributed by atoms with van der Waals surface area (Å²) in [5.74, 6) is -0.0471. The SMILES string of the molecule is Cc1cc(C)c(-c2ccc(O)cc2)c(O)c1O. The van der Waals surface area contributed by atoms with Crippen LogP contribution in [0.15, 0.2) is 30.3 Å². The standard InChI is InChI=1S/C14H14O3/c1-8-7-9(2)13(16)14(17)12(8)10-3-5-11(15)6-4-10/h3-7,15-17H,1-2H3. The Hall–Kier alpha value is -2.16. The van der Waals surface area contributed by atoms with Crippen molar-refractivity contribution in [3.05, 3.63) is 41.5 Å². The van der Waals surface area contributed by atoms with E-state index in [9.17, 15) is 15.3 Å². The van der Waals surface area contributed by atoms with Gasteiger partial charge in [0, 0.05) is 5.56 Å². The largest absolute Gasteiger partial charge is 0.508 e. The van der Waals surface area contributed by atoms with Gasteiger partial charge in [0.05, 0.1) is 0 Å². The van der Waals surface area contributed by atoms with Crippen LogP contribution in [-0.4, -0.2) is 15.3 Å². The summed E-state index contributed by atoms with van der Waals surface area (Å²) in [6.45, 7) is 3.61. The van der Waals surface area contributed by atoms with E-state index in [0.717, 1.165) is 11.1 Å². The van der Waals surface area contributed by atoms with Crippen LogP contribution in [0.25, 0.3) is 11.1 Å². The number of hydrogen-bond acceptors (Lipinski definition) is 3. The molecule has 0 heterocycles. The lowest BCUT2D eigenvalue weighted by Gasteiger charge is -2.12. The highest BCUT2D eigenvalue weighted by atomic mass is 16.3. The number of hydrogen-bond donors (Lipinski definition) is 3. The van der Waals surface area contributed by atoms with E-state index >= 15 is 0 Å². The van der Waals surface area contributed by atoms with E-state index < -0.39 is 0 Å². The molecule has 88 valence electrons. The fourth-order valence-corrected chi connectivity index (χ4v) is 1.95. The number of aryl methyl sites for hydroxylation is 2. The molecule has 0 bridgehead atoms. The Kier molecular flexibility index (Phi) is 2.68. The van der Waals surface area contributed by atoms with E-state index in [1.54, 1.807) is 31.2 Å². The van der Waals surface area contributed by atoms with Crippen LogP contribution in [0.4, 0.5) is 0 Å². The zero-order valence-electron chi connectivity index (χ0n) is 9.73. The third kappa shape index (κ3) is 1.91. The molecular formula is C14H14O3. The van der Waals surface area contributed by atoms with Crippen molar-refractivity contribution in [1.29, 1.82) is 0 Å². The maximum Gasteiger partial charge on any atom is 0.165 e. The summed E-state index contributed by atoms with van der Waals surface area (Å²) in [4.78, 5) is 0. The van der Waals surface area contributed by atoms with Gasteiger partial charge in [-0.25, -0.2) is 0 Å². The van der Waals surface area contributed by atoms with Gasteiger partial charge in [-0.3, -0.25) is 0 Å². The van der Waals surface area contributed by atoms with E-state index in [1.165, 1.54) is 0 Å². The number of rotatable bonds is 1. The molecule has 0 spiro atoms. The normalized spacial score (nSPS) is 10.5. The first-order chi connectivity index (χ1) is 8.00. The average molecular weight is 230 g/mol. The number of phenols is 3. The third-order valence-electron chi connectivity index (χ3n) is 2.82. The zero-order chi connectivity index (χ0) is 12.6. The molecule has 0 saturated heterocycles. The molecule has 0 aromatic heterocycles. The molecule has 0 aliphatic heterocycles. The second-order valence-corrected chi connectivity index (χ2v) is 4.13. The van der Waals surface area contributed by atoms with Crippen molar-refractivity contribution in [2.24, 2.45) is 0 Å². The molecule has 0 fully saturated rings. The molecule has 2 rings (SSSR count). The fraction of sp³-hybridized carbons (Fsp3) is 0.143. The van der Waals surface area contributed by atoms with Gasteiger partial charge in [-0.1, -0.05) is 18.2 Å². The van der Waals surface area contributed by atoms with Crippen LogP contribution >= 0.6 is 0 Å². The third-order valence-corrected chi connectivity index (χ3v) is 2.82. The van der Waals surface area contributed by atoms with Crippen LogP contribution in [0.3, 0.4) is 0 Å². The molecule has 3 nitrogen and oxygen atoms in total. The van der Waals surface area contributed by atoms with Crippen LogP contribution in [0.1, 0.15) is 11.1 Å². The monoisotopic (exact) mass is 230 g/mol. The molecule has 0 unspecified atom stereocenters. The summed E-state index contributed by atoms with van der Waals surface area (Å²) in [6, 6.07) is 8.31. The average Bonchev–Trinajstić information content (AvgIpc) is 2.29. The van der Waals surface area contributed by atoms with E-state index in [4.69, 9.17) is 0 Å². The molecule has 0 amide bonds. The summed E-state index contributed by atoms with van der Waals surface area (Å²) in [5, 5.41) is 28.9. The maximum absolute atomic E-state index is 9.97. The van der Waals surface area contributed by atoms with Crippen LogP contribution in [0.2, 0.25) is 0 Å². The van der Waals surface area contributed by atoms with Crippen molar-refractivity contribution in [2.75, 3.05) is 0 Å². The van der Waals surface area contributed by atoms with Crippen LogP contribution in [0.5, 0.6) is 17.2 Å². The lowest BCUT2D eigenvalue weighted by atomic mass is 9.96. The van der Waals surface area contributed by atoms with Gasteiger partial charge < -0.3 is 15.3 Å². The highest BCUT2D eigenvalue weighted by Gasteiger charge is 2.14. The predicted molar refractivity (Wildman–Crippen MR) is 66.3 cm³/mol. The molecule has 2 aromatic carbocycles.